The number of benzene rings is 2. The number of terminal acetylenes is 1. The van der Waals surface area contributed by atoms with Gasteiger partial charge in [0.2, 0.25) is 0 Å². The summed E-state index contributed by atoms with van der Waals surface area (Å²) in [5.74, 6) is 3.92. The summed E-state index contributed by atoms with van der Waals surface area (Å²) in [5, 5.41) is 3.96. The molecule has 0 bridgehead atoms. The maximum absolute atomic E-state index is 12.9. The minimum Gasteiger partial charge on any atom is -0.493 e. The maximum Gasteiger partial charge on any atom is 0.415 e. The predicted octanol–water partition coefficient (Wildman–Crippen LogP) is 3.50. The second-order valence-corrected chi connectivity index (χ2v) is 7.77. The topological polar surface area (TPSA) is 79.8 Å². The zero-order valence-corrected chi connectivity index (χ0v) is 18.3. The molecule has 164 valence electrons. The number of likely N-dealkylation sites (N-methyl/N-ethyl adjacent to an activating group) is 1. The number of nitrogens with one attached hydrogen (secondary N) is 1. The molecule has 0 unspecified atom stereocenters. The standard InChI is InChI=1S/C24H25N5O3/c1-5-17-7-6-8-18(11-17)27-23-19-12-22(21(31-4)13-20(19)25-15-26-23)32-24(30)29-10-9-28(3)14-16(29)2/h1,6-8,11-13,15-16H,9-10,14H2,2-4H3,(H,25,26,27)/t16-/m0/s1. The summed E-state index contributed by atoms with van der Waals surface area (Å²) < 4.78 is 11.2. The third-order valence-electron chi connectivity index (χ3n) is 5.48. The van der Waals surface area contributed by atoms with Crippen molar-refractivity contribution < 1.29 is 14.3 Å². The molecule has 2 heterocycles. The fourth-order valence-corrected chi connectivity index (χ4v) is 3.79. The molecule has 2 aromatic carbocycles. The van der Waals surface area contributed by atoms with Gasteiger partial charge in [0.15, 0.2) is 11.5 Å². The molecule has 1 amide bonds. The lowest BCUT2D eigenvalue weighted by atomic mass is 10.2. The monoisotopic (exact) mass is 431 g/mol. The van der Waals surface area contributed by atoms with E-state index in [4.69, 9.17) is 15.9 Å². The number of hydrogen-bond donors (Lipinski definition) is 1. The number of piperazine rings is 1. The molecule has 1 atom stereocenters. The minimum atomic E-state index is -0.406. The van der Waals surface area contributed by atoms with Gasteiger partial charge in [-0.25, -0.2) is 14.8 Å². The highest BCUT2D eigenvalue weighted by atomic mass is 16.6. The van der Waals surface area contributed by atoms with Gasteiger partial charge < -0.3 is 24.6 Å². The highest BCUT2D eigenvalue weighted by Crippen LogP contribution is 2.35. The second kappa shape index (κ2) is 9.12. The molecule has 1 aliphatic heterocycles. The molecule has 3 aromatic rings. The first kappa shape index (κ1) is 21.4. The van der Waals surface area contributed by atoms with Crippen molar-refractivity contribution in [3.05, 3.63) is 48.3 Å². The molecule has 0 saturated carbocycles. The highest BCUT2D eigenvalue weighted by Gasteiger charge is 2.28. The Hall–Kier alpha value is -3.83. The van der Waals surface area contributed by atoms with Crippen LogP contribution in [0.1, 0.15) is 12.5 Å². The molecular weight excluding hydrogens is 406 g/mol. The number of carbonyl (C=O) groups excluding carboxylic acids is 1. The molecular formula is C24H25N5O3. The van der Waals surface area contributed by atoms with Gasteiger partial charge in [-0.3, -0.25) is 0 Å². The van der Waals surface area contributed by atoms with Gasteiger partial charge in [-0.2, -0.15) is 0 Å². The van der Waals surface area contributed by atoms with Crippen molar-refractivity contribution in [2.24, 2.45) is 0 Å². The van der Waals surface area contributed by atoms with Crippen LogP contribution in [0.15, 0.2) is 42.7 Å². The molecule has 1 N–H and O–H groups in total. The van der Waals surface area contributed by atoms with Crippen molar-refractivity contribution in [3.63, 3.8) is 0 Å². The van der Waals surface area contributed by atoms with Crippen LogP contribution in [0.3, 0.4) is 0 Å². The molecule has 32 heavy (non-hydrogen) atoms. The Bertz CT molecular complexity index is 1190. The molecule has 1 fully saturated rings. The van der Waals surface area contributed by atoms with Crippen molar-refractivity contribution in [2.45, 2.75) is 13.0 Å². The Morgan fingerprint density at radius 3 is 2.81 bits per heavy atom. The first-order valence-corrected chi connectivity index (χ1v) is 10.3. The van der Waals surface area contributed by atoms with E-state index in [1.807, 2.05) is 38.2 Å². The van der Waals surface area contributed by atoms with E-state index in [2.05, 4.69) is 26.1 Å². The van der Waals surface area contributed by atoms with Crippen LogP contribution in [0.4, 0.5) is 16.3 Å². The zero-order valence-electron chi connectivity index (χ0n) is 18.3. The first-order chi connectivity index (χ1) is 15.5. The quantitative estimate of drug-likeness (QED) is 0.634. The molecule has 4 rings (SSSR count). The van der Waals surface area contributed by atoms with Crippen LogP contribution in [0.2, 0.25) is 0 Å². The lowest BCUT2D eigenvalue weighted by Crippen LogP contribution is -2.53. The molecule has 0 radical (unpaired) electrons. The summed E-state index contributed by atoms with van der Waals surface area (Å²) in [6.07, 6.45) is 6.57. The summed E-state index contributed by atoms with van der Waals surface area (Å²) in [6, 6.07) is 11.0. The molecule has 0 spiro atoms. The number of hydrogen-bond acceptors (Lipinski definition) is 7. The Balaban J connectivity index is 1.66. The summed E-state index contributed by atoms with van der Waals surface area (Å²) in [4.78, 5) is 25.5. The molecule has 8 heteroatoms. The number of rotatable bonds is 4. The number of ether oxygens (including phenoxy) is 2. The fraction of sp³-hybridized carbons (Fsp3) is 0.292. The van der Waals surface area contributed by atoms with E-state index in [0.717, 1.165) is 24.3 Å². The first-order valence-electron chi connectivity index (χ1n) is 10.3. The van der Waals surface area contributed by atoms with Crippen LogP contribution < -0.4 is 14.8 Å². The third kappa shape index (κ3) is 4.43. The highest BCUT2D eigenvalue weighted by molar-refractivity contribution is 5.93. The predicted molar refractivity (Wildman–Crippen MR) is 123 cm³/mol. The van der Waals surface area contributed by atoms with Crippen LogP contribution in [-0.4, -0.2) is 65.7 Å². The van der Waals surface area contributed by atoms with Gasteiger partial charge in [-0.15, -0.1) is 6.42 Å². The van der Waals surface area contributed by atoms with E-state index >= 15 is 0 Å². The second-order valence-electron chi connectivity index (χ2n) is 7.77. The Morgan fingerprint density at radius 1 is 1.22 bits per heavy atom. The van der Waals surface area contributed by atoms with E-state index < -0.39 is 6.09 Å². The zero-order chi connectivity index (χ0) is 22.7. The third-order valence-corrected chi connectivity index (χ3v) is 5.48. The van der Waals surface area contributed by atoms with Gasteiger partial charge >= 0.3 is 6.09 Å². The summed E-state index contributed by atoms with van der Waals surface area (Å²) in [7, 11) is 3.57. The average Bonchev–Trinajstić information content (AvgIpc) is 2.79. The van der Waals surface area contributed by atoms with E-state index in [1.54, 1.807) is 17.0 Å². The van der Waals surface area contributed by atoms with E-state index in [9.17, 15) is 4.79 Å². The summed E-state index contributed by atoms with van der Waals surface area (Å²) in [5.41, 5.74) is 2.20. The van der Waals surface area contributed by atoms with Gasteiger partial charge in [-0.05, 0) is 38.2 Å². The van der Waals surface area contributed by atoms with Crippen LogP contribution in [0, 0.1) is 12.3 Å². The van der Waals surface area contributed by atoms with Crippen molar-refractivity contribution in [2.75, 3.05) is 39.1 Å². The smallest absolute Gasteiger partial charge is 0.415 e. The summed E-state index contributed by atoms with van der Waals surface area (Å²) >= 11 is 0. The molecule has 0 aliphatic carbocycles. The lowest BCUT2D eigenvalue weighted by Gasteiger charge is -2.37. The SMILES string of the molecule is C#Cc1cccc(Nc2ncnc3cc(OC)c(OC(=O)N4CCN(C)C[C@@H]4C)cc23)c1. The minimum absolute atomic E-state index is 0.0525. The van der Waals surface area contributed by atoms with Crippen molar-refractivity contribution in [3.8, 4) is 23.8 Å². The van der Waals surface area contributed by atoms with E-state index in [-0.39, 0.29) is 6.04 Å². The number of amides is 1. The number of aromatic nitrogens is 2. The van der Waals surface area contributed by atoms with Gasteiger partial charge in [0.05, 0.1) is 12.6 Å². The molecule has 1 aromatic heterocycles. The van der Waals surface area contributed by atoms with Crippen molar-refractivity contribution >= 4 is 28.5 Å². The number of carbonyl (C=O) groups is 1. The largest absolute Gasteiger partial charge is 0.493 e. The van der Waals surface area contributed by atoms with Gasteiger partial charge in [0.1, 0.15) is 12.1 Å². The van der Waals surface area contributed by atoms with Gasteiger partial charge in [-0.1, -0.05) is 12.0 Å². The van der Waals surface area contributed by atoms with Gasteiger partial charge in [0.25, 0.3) is 0 Å². The van der Waals surface area contributed by atoms with Crippen molar-refractivity contribution in [1.29, 1.82) is 0 Å². The lowest BCUT2D eigenvalue weighted by molar-refractivity contribution is 0.0886. The normalized spacial score (nSPS) is 16.4. The van der Waals surface area contributed by atoms with Crippen LogP contribution >= 0.6 is 0 Å². The Labute approximate surface area is 187 Å². The molecule has 1 saturated heterocycles. The number of anilines is 2. The van der Waals surface area contributed by atoms with Crippen LogP contribution in [0.25, 0.3) is 10.9 Å². The number of methoxy groups -OCH3 is 1. The molecule has 1 aliphatic rings. The number of nitrogens with zero attached hydrogens (tertiary/aromatic N) is 4. The average molecular weight is 431 g/mol. The summed E-state index contributed by atoms with van der Waals surface area (Å²) in [6.45, 7) is 4.21. The molecule has 8 nitrogen and oxygen atoms in total. The Kier molecular flexibility index (Phi) is 6.10. The van der Waals surface area contributed by atoms with E-state index in [1.165, 1.54) is 13.4 Å². The van der Waals surface area contributed by atoms with Crippen LogP contribution in [0.5, 0.6) is 11.5 Å². The maximum atomic E-state index is 12.9. The van der Waals surface area contributed by atoms with Gasteiger partial charge in [0, 0.05) is 48.4 Å². The number of fused-ring (bicyclic) bond motifs is 1. The Morgan fingerprint density at radius 2 is 2.06 bits per heavy atom. The van der Waals surface area contributed by atoms with Crippen LogP contribution in [-0.2, 0) is 0 Å². The van der Waals surface area contributed by atoms with Crippen molar-refractivity contribution in [1.82, 2.24) is 19.8 Å². The van der Waals surface area contributed by atoms with E-state index in [0.29, 0.717) is 34.8 Å². The fourth-order valence-electron chi connectivity index (χ4n) is 3.79.